The standard InChI is InChI=1S/C8H16N6O7P2/c9-11-13-14-12-10-2-1-3-17-22(15)18-4-8-5-19-23(16,20-6-8)21-7-8/h9,22H,1-7H2/b11-9?,12-10+,14-13+. The molecule has 3 aliphatic rings. The molecule has 23 heavy (non-hydrogen) atoms. The number of nitrogens with one attached hydrogen (secondary N) is 1. The van der Waals surface area contributed by atoms with Gasteiger partial charge in [-0.3, -0.25) is 18.1 Å². The zero-order valence-electron chi connectivity index (χ0n) is 12.0. The predicted molar refractivity (Wildman–Crippen MR) is 73.1 cm³/mol. The first kappa shape index (κ1) is 18.4. The molecule has 0 saturated carbocycles. The molecule has 0 amide bonds. The quantitative estimate of drug-likeness (QED) is 0.267. The molecule has 1 unspecified atom stereocenters. The molecule has 3 aliphatic heterocycles. The Morgan fingerprint density at radius 3 is 2.48 bits per heavy atom. The maximum absolute atomic E-state index is 11.6. The molecule has 13 nitrogen and oxygen atoms in total. The highest BCUT2D eigenvalue weighted by molar-refractivity contribution is 7.48. The van der Waals surface area contributed by atoms with Gasteiger partial charge in [0.05, 0.1) is 45.0 Å². The molecule has 0 aromatic carbocycles. The summed E-state index contributed by atoms with van der Waals surface area (Å²) in [5.41, 5.74) is 5.70. The van der Waals surface area contributed by atoms with Crippen molar-refractivity contribution in [2.45, 2.75) is 6.42 Å². The van der Waals surface area contributed by atoms with Gasteiger partial charge in [0, 0.05) is 0 Å². The minimum Gasteiger partial charge on any atom is -0.311 e. The summed E-state index contributed by atoms with van der Waals surface area (Å²) in [6.07, 6.45) is 0.459. The lowest BCUT2D eigenvalue weighted by Crippen LogP contribution is -2.47. The molecule has 3 heterocycles. The predicted octanol–water partition coefficient (Wildman–Crippen LogP) is 2.74. The Balaban J connectivity index is 1.57. The smallest absolute Gasteiger partial charge is 0.311 e. The lowest BCUT2D eigenvalue weighted by atomic mass is 9.93. The van der Waals surface area contributed by atoms with Crippen molar-refractivity contribution >= 4 is 16.1 Å². The minimum absolute atomic E-state index is 0.0571. The van der Waals surface area contributed by atoms with Crippen molar-refractivity contribution in [2.24, 2.45) is 31.4 Å². The zero-order chi connectivity index (χ0) is 16.6. The molecular weight excluding hydrogens is 354 g/mol. The van der Waals surface area contributed by atoms with E-state index in [4.69, 9.17) is 28.1 Å². The van der Waals surface area contributed by atoms with Crippen LogP contribution in [0.15, 0.2) is 26.0 Å². The third-order valence-corrected chi connectivity index (χ3v) is 5.05. The fourth-order valence-electron chi connectivity index (χ4n) is 1.67. The molecule has 2 bridgehead atoms. The van der Waals surface area contributed by atoms with Gasteiger partial charge in [-0.1, -0.05) is 0 Å². The maximum Gasteiger partial charge on any atom is 0.474 e. The van der Waals surface area contributed by atoms with Crippen molar-refractivity contribution in [1.29, 1.82) is 5.53 Å². The molecule has 130 valence electrons. The number of fused-ring (bicyclic) bond motifs is 3. The Hall–Kier alpha value is -0.940. The molecule has 3 saturated heterocycles. The Morgan fingerprint density at radius 2 is 1.83 bits per heavy atom. The molecular formula is C8H16N6O7P2. The molecule has 0 aromatic rings. The molecule has 0 spiro atoms. The van der Waals surface area contributed by atoms with Gasteiger partial charge in [0.2, 0.25) is 0 Å². The van der Waals surface area contributed by atoms with Crippen LogP contribution in [0, 0.1) is 10.9 Å². The third-order valence-electron chi connectivity index (χ3n) is 2.89. The van der Waals surface area contributed by atoms with E-state index in [-0.39, 0.29) is 33.0 Å². The fourth-order valence-corrected chi connectivity index (χ4v) is 4.00. The highest BCUT2D eigenvalue weighted by atomic mass is 31.2. The van der Waals surface area contributed by atoms with Gasteiger partial charge in [0.25, 0.3) is 0 Å². The average Bonchev–Trinajstić information content (AvgIpc) is 2.57. The second-order valence-corrected chi connectivity index (χ2v) is 7.49. The summed E-state index contributed by atoms with van der Waals surface area (Å²) >= 11 is 0. The summed E-state index contributed by atoms with van der Waals surface area (Å²) in [6, 6.07) is 0. The molecule has 15 heteroatoms. The number of hydrogen-bond acceptors (Lipinski definition) is 9. The highest BCUT2D eigenvalue weighted by Crippen LogP contribution is 2.60. The van der Waals surface area contributed by atoms with Gasteiger partial charge in [-0.15, -0.1) is 0 Å². The monoisotopic (exact) mass is 370 g/mol. The number of hydrogen-bond donors (Lipinski definition) is 1. The third kappa shape index (κ3) is 5.88. The average molecular weight is 370 g/mol. The summed E-state index contributed by atoms with van der Waals surface area (Å²) in [5, 5.41) is 15.5. The van der Waals surface area contributed by atoms with Gasteiger partial charge in [-0.25, -0.2) is 4.57 Å². The minimum atomic E-state index is -3.36. The first-order valence-electron chi connectivity index (χ1n) is 6.54. The van der Waals surface area contributed by atoms with Gasteiger partial charge in [-0.2, -0.15) is 10.6 Å². The van der Waals surface area contributed by atoms with E-state index in [1.165, 1.54) is 0 Å². The van der Waals surface area contributed by atoms with E-state index >= 15 is 0 Å². The van der Waals surface area contributed by atoms with Crippen LogP contribution in [0.5, 0.6) is 0 Å². The van der Waals surface area contributed by atoms with Gasteiger partial charge < -0.3 is 9.05 Å². The van der Waals surface area contributed by atoms with Crippen LogP contribution in [0.25, 0.3) is 0 Å². The normalized spacial score (nSPS) is 31.8. The first-order valence-corrected chi connectivity index (χ1v) is 9.23. The zero-order valence-corrected chi connectivity index (χ0v) is 13.9. The summed E-state index contributed by atoms with van der Waals surface area (Å²) in [7, 11) is -6.04. The summed E-state index contributed by atoms with van der Waals surface area (Å²) < 4.78 is 48.4. The van der Waals surface area contributed by atoms with E-state index in [1.54, 1.807) is 0 Å². The lowest BCUT2D eigenvalue weighted by molar-refractivity contribution is -0.110. The highest BCUT2D eigenvalue weighted by Gasteiger charge is 2.50. The van der Waals surface area contributed by atoms with E-state index in [2.05, 4.69) is 26.0 Å². The van der Waals surface area contributed by atoms with Crippen molar-refractivity contribution in [3.8, 4) is 0 Å². The van der Waals surface area contributed by atoms with Crippen molar-refractivity contribution in [2.75, 3.05) is 39.6 Å². The topological polar surface area (TPSA) is 166 Å². The Morgan fingerprint density at radius 1 is 1.13 bits per heavy atom. The van der Waals surface area contributed by atoms with Crippen LogP contribution in [0.3, 0.4) is 0 Å². The SMILES string of the molecule is N=N/N=N/N=N/CCCO[PH](=O)OCC12COP(=O)(OC1)OC2. The molecule has 3 rings (SSSR count). The van der Waals surface area contributed by atoms with Gasteiger partial charge in [0.15, 0.2) is 0 Å². The van der Waals surface area contributed by atoms with Crippen LogP contribution in [0.2, 0.25) is 0 Å². The van der Waals surface area contributed by atoms with Crippen LogP contribution in [-0.2, 0) is 31.7 Å². The number of rotatable bonds is 10. The Bertz CT molecular complexity index is 512. The largest absolute Gasteiger partial charge is 0.474 e. The summed E-state index contributed by atoms with van der Waals surface area (Å²) in [4.78, 5) is 0. The maximum atomic E-state index is 11.6. The number of nitrogens with zero attached hydrogens (tertiary/aromatic N) is 5. The van der Waals surface area contributed by atoms with E-state index < -0.39 is 21.5 Å². The lowest BCUT2D eigenvalue weighted by Gasteiger charge is -2.43. The molecule has 1 N–H and O–H groups in total. The molecule has 1 atom stereocenters. The molecule has 0 aliphatic carbocycles. The van der Waals surface area contributed by atoms with E-state index in [9.17, 15) is 9.13 Å². The molecule has 3 fully saturated rings. The van der Waals surface area contributed by atoms with Crippen molar-refractivity contribution in [3.05, 3.63) is 0 Å². The number of phosphoric acid groups is 1. The number of phosphoric ester groups is 1. The Kier molecular flexibility index (Phi) is 7.03. The van der Waals surface area contributed by atoms with Gasteiger partial charge in [-0.05, 0) is 27.3 Å². The van der Waals surface area contributed by atoms with Crippen LogP contribution in [0.4, 0.5) is 0 Å². The summed E-state index contributed by atoms with van der Waals surface area (Å²) in [6.45, 7) is 1.02. The van der Waals surface area contributed by atoms with Crippen LogP contribution >= 0.6 is 16.1 Å². The van der Waals surface area contributed by atoms with Crippen LogP contribution in [-0.4, -0.2) is 39.6 Å². The van der Waals surface area contributed by atoms with Crippen LogP contribution in [0.1, 0.15) is 6.42 Å². The Labute approximate surface area is 131 Å². The first-order chi connectivity index (χ1) is 11.1. The summed E-state index contributed by atoms with van der Waals surface area (Å²) in [5.74, 6) is 0. The fraction of sp³-hybridized carbons (Fsp3) is 1.00. The molecule has 0 aromatic heterocycles. The second-order valence-electron chi connectivity index (χ2n) is 4.74. The van der Waals surface area contributed by atoms with Crippen molar-refractivity contribution < 1.29 is 31.7 Å². The van der Waals surface area contributed by atoms with Gasteiger partial charge >= 0.3 is 16.1 Å². The van der Waals surface area contributed by atoms with Crippen molar-refractivity contribution in [3.63, 3.8) is 0 Å². The van der Waals surface area contributed by atoms with Gasteiger partial charge in [0.1, 0.15) is 0 Å². The second kappa shape index (κ2) is 8.78. The van der Waals surface area contributed by atoms with E-state index in [0.717, 1.165) is 0 Å². The van der Waals surface area contributed by atoms with Crippen molar-refractivity contribution in [1.82, 2.24) is 0 Å². The van der Waals surface area contributed by atoms with E-state index in [1.807, 2.05) is 0 Å². The molecule has 0 radical (unpaired) electrons. The van der Waals surface area contributed by atoms with Crippen LogP contribution < -0.4 is 0 Å². The van der Waals surface area contributed by atoms with E-state index in [0.29, 0.717) is 13.0 Å².